The van der Waals surface area contributed by atoms with Crippen LogP contribution in [0.2, 0.25) is 0 Å². The highest BCUT2D eigenvalue weighted by Gasteiger charge is 2.28. The lowest BCUT2D eigenvalue weighted by Gasteiger charge is -2.26. The number of carbonyl (C=O) groups excluding carboxylic acids is 3. The summed E-state index contributed by atoms with van der Waals surface area (Å²) in [6, 6.07) is 22.1. The summed E-state index contributed by atoms with van der Waals surface area (Å²) in [7, 11) is 3.07. The number of nitrogens with zero attached hydrogens (tertiary/aromatic N) is 1. The molecule has 9 nitrogen and oxygen atoms in total. The Morgan fingerprint density at radius 1 is 0.872 bits per heavy atom. The van der Waals surface area contributed by atoms with E-state index in [4.69, 9.17) is 49.7 Å². The second-order valence-electron chi connectivity index (χ2n) is 9.97. The molecule has 246 valence electrons. The number of hydrogen-bond acceptors (Lipinski definition) is 8. The predicted molar refractivity (Wildman–Crippen MR) is 191 cm³/mol. The summed E-state index contributed by atoms with van der Waals surface area (Å²) >= 11 is 16.8. The summed E-state index contributed by atoms with van der Waals surface area (Å²) in [5.74, 6) is 6.80. The molecule has 0 saturated heterocycles. The van der Waals surface area contributed by atoms with Gasteiger partial charge in [-0.3, -0.25) is 20.3 Å². The number of ether oxygens (including phenoxy) is 2. The summed E-state index contributed by atoms with van der Waals surface area (Å²) in [5, 5.41) is 13.0. The number of amides is 3. The summed E-state index contributed by atoms with van der Waals surface area (Å²) < 4.78 is 8.41. The normalized spacial score (nSPS) is 11.9. The van der Waals surface area contributed by atoms with Crippen molar-refractivity contribution in [2.75, 3.05) is 34.9 Å². The number of rotatable bonds is 13. The van der Waals surface area contributed by atoms with Crippen molar-refractivity contribution in [3.8, 4) is 11.8 Å². The van der Waals surface area contributed by atoms with Crippen LogP contribution in [-0.4, -0.2) is 52.3 Å². The second kappa shape index (κ2) is 18.1. The maximum atomic E-state index is 13.3. The first-order valence-corrected chi connectivity index (χ1v) is 18.0. The Morgan fingerprint density at radius 3 is 2.32 bits per heavy atom. The molecule has 0 atom stereocenters. The molecule has 0 fully saturated rings. The van der Waals surface area contributed by atoms with Gasteiger partial charge in [0.2, 0.25) is 17.7 Å². The number of carbonyl (C=O) groups is 3. The van der Waals surface area contributed by atoms with Gasteiger partial charge in [-0.15, -0.1) is 0 Å². The van der Waals surface area contributed by atoms with Crippen LogP contribution >= 0.6 is 56.4 Å². The van der Waals surface area contributed by atoms with E-state index in [0.29, 0.717) is 30.3 Å². The minimum absolute atomic E-state index is 0.0378. The highest BCUT2D eigenvalue weighted by molar-refractivity contribution is 8.76. The fourth-order valence-electron chi connectivity index (χ4n) is 4.25. The molecule has 3 N–H and O–H groups in total. The standard InChI is InChI=1S/C33H31Cl3N4O5S2/c34-33(35,36)31(37)45-22-23-9-13-27(14-10-23)39-32(43)44-18-20-47-46-19-17-38-29(41)15-16-30(42)40-21-26-7-2-1-5-24(26)11-12-25-6-3-4-8-28(25)40/h1-10,13-14,37H,15-22H2,(H,38,41)(H,39,43). The van der Waals surface area contributed by atoms with E-state index in [1.54, 1.807) is 40.0 Å². The third kappa shape index (κ3) is 11.9. The first-order valence-electron chi connectivity index (χ1n) is 14.4. The highest BCUT2D eigenvalue weighted by Crippen LogP contribution is 2.28. The molecule has 1 heterocycles. The molecular weight excluding hydrogens is 703 g/mol. The Kier molecular flexibility index (Phi) is 14.0. The van der Waals surface area contributed by atoms with Crippen LogP contribution in [0.5, 0.6) is 0 Å². The predicted octanol–water partition coefficient (Wildman–Crippen LogP) is 7.32. The molecule has 1 aliphatic rings. The Bertz CT molecular complexity index is 1640. The number of para-hydroxylation sites is 1. The Balaban J connectivity index is 1.07. The summed E-state index contributed by atoms with van der Waals surface area (Å²) in [6.45, 7) is 1.09. The van der Waals surface area contributed by atoms with E-state index in [0.717, 1.165) is 27.9 Å². The van der Waals surface area contributed by atoms with Crippen LogP contribution in [0.4, 0.5) is 16.2 Å². The number of fused-ring (bicyclic) bond motifs is 2. The SMILES string of the molecule is N=C(OCc1ccc(NC(=O)OCCSSCCNC(=O)CCC(=O)N2Cc3ccccc3C#Cc3ccccc32)cc1)C(Cl)(Cl)Cl. The maximum absolute atomic E-state index is 13.3. The zero-order valence-corrected chi connectivity index (χ0v) is 28.9. The number of hydrogen-bond donors (Lipinski definition) is 3. The van der Waals surface area contributed by atoms with Gasteiger partial charge in [0.1, 0.15) is 13.2 Å². The number of benzene rings is 3. The molecule has 0 radical (unpaired) electrons. The molecular formula is C33H31Cl3N4O5S2. The van der Waals surface area contributed by atoms with Crippen molar-refractivity contribution in [2.24, 2.45) is 0 Å². The van der Waals surface area contributed by atoms with Crippen molar-refractivity contribution < 1.29 is 23.9 Å². The van der Waals surface area contributed by atoms with E-state index >= 15 is 0 Å². The van der Waals surface area contributed by atoms with Gasteiger partial charge >= 0.3 is 6.09 Å². The molecule has 14 heteroatoms. The molecule has 0 aliphatic carbocycles. The zero-order chi connectivity index (χ0) is 33.6. The van der Waals surface area contributed by atoms with Crippen LogP contribution in [0.3, 0.4) is 0 Å². The molecule has 47 heavy (non-hydrogen) atoms. The largest absolute Gasteiger partial charge is 0.473 e. The van der Waals surface area contributed by atoms with E-state index in [9.17, 15) is 14.4 Å². The maximum Gasteiger partial charge on any atom is 0.411 e. The molecule has 0 saturated carbocycles. The van der Waals surface area contributed by atoms with Crippen LogP contribution in [0.15, 0.2) is 72.8 Å². The van der Waals surface area contributed by atoms with Gasteiger partial charge in [0.05, 0.1) is 12.2 Å². The van der Waals surface area contributed by atoms with Gasteiger partial charge in [0.25, 0.3) is 3.79 Å². The van der Waals surface area contributed by atoms with E-state index < -0.39 is 15.8 Å². The minimum Gasteiger partial charge on any atom is -0.473 e. The van der Waals surface area contributed by atoms with Crippen LogP contribution in [0, 0.1) is 17.3 Å². The van der Waals surface area contributed by atoms with Crippen LogP contribution < -0.4 is 15.5 Å². The molecule has 3 aromatic carbocycles. The van der Waals surface area contributed by atoms with E-state index in [2.05, 4.69) is 22.5 Å². The van der Waals surface area contributed by atoms with E-state index in [-0.39, 0.29) is 37.9 Å². The van der Waals surface area contributed by atoms with Gasteiger partial charge in [0.15, 0.2) is 0 Å². The quantitative estimate of drug-likeness (QED) is 0.0421. The van der Waals surface area contributed by atoms with Gasteiger partial charge in [-0.25, -0.2) is 4.79 Å². The Morgan fingerprint density at radius 2 is 1.55 bits per heavy atom. The van der Waals surface area contributed by atoms with Gasteiger partial charge in [-0.1, -0.05) is 111 Å². The highest BCUT2D eigenvalue weighted by atomic mass is 35.6. The van der Waals surface area contributed by atoms with Crippen LogP contribution in [-0.2, 0) is 32.2 Å². The zero-order valence-electron chi connectivity index (χ0n) is 25.0. The van der Waals surface area contributed by atoms with Crippen LogP contribution in [0.25, 0.3) is 0 Å². The fourth-order valence-corrected chi connectivity index (χ4v) is 6.14. The molecule has 3 aromatic rings. The van der Waals surface area contributed by atoms with Crippen LogP contribution in [0.1, 0.15) is 35.1 Å². The number of nitrogens with one attached hydrogen (secondary N) is 3. The van der Waals surface area contributed by atoms with Gasteiger partial charge < -0.3 is 19.7 Å². The molecule has 0 unspecified atom stereocenters. The van der Waals surface area contributed by atoms with Crippen molar-refractivity contribution in [1.29, 1.82) is 5.41 Å². The summed E-state index contributed by atoms with van der Waals surface area (Å²) in [5.41, 5.74) is 4.62. The number of anilines is 2. The number of alkyl halides is 3. The van der Waals surface area contributed by atoms with E-state index in [1.807, 2.05) is 48.5 Å². The minimum atomic E-state index is -1.92. The first kappa shape index (κ1) is 36.3. The summed E-state index contributed by atoms with van der Waals surface area (Å²) in [6.07, 6.45) is -0.418. The Hall–Kier alpha value is -3.53. The second-order valence-corrected chi connectivity index (χ2v) is 15.0. The summed E-state index contributed by atoms with van der Waals surface area (Å²) in [4.78, 5) is 39.5. The van der Waals surface area contributed by atoms with Gasteiger partial charge in [0, 0.05) is 47.7 Å². The third-order valence-corrected chi connectivity index (χ3v) is 9.46. The van der Waals surface area contributed by atoms with Crippen molar-refractivity contribution in [1.82, 2.24) is 5.32 Å². The van der Waals surface area contributed by atoms with Gasteiger partial charge in [-0.2, -0.15) is 0 Å². The Labute approximate surface area is 296 Å². The average Bonchev–Trinajstić information content (AvgIpc) is 3.05. The van der Waals surface area contributed by atoms with Crippen molar-refractivity contribution in [3.05, 3.63) is 95.1 Å². The molecule has 0 aromatic heterocycles. The molecule has 1 aliphatic heterocycles. The molecule has 0 spiro atoms. The lowest BCUT2D eigenvalue weighted by atomic mass is 10.0. The smallest absolute Gasteiger partial charge is 0.411 e. The first-order chi connectivity index (χ1) is 22.6. The van der Waals surface area contributed by atoms with Crippen molar-refractivity contribution >= 4 is 91.6 Å². The van der Waals surface area contributed by atoms with E-state index in [1.165, 1.54) is 10.8 Å². The lowest BCUT2D eigenvalue weighted by molar-refractivity contribution is -0.125. The van der Waals surface area contributed by atoms with Crippen molar-refractivity contribution in [2.45, 2.75) is 29.8 Å². The molecule has 3 amide bonds. The lowest BCUT2D eigenvalue weighted by Crippen LogP contribution is -2.33. The topological polar surface area (TPSA) is 121 Å². The molecule has 4 rings (SSSR count). The average molecular weight is 734 g/mol. The van der Waals surface area contributed by atoms with Crippen molar-refractivity contribution in [3.63, 3.8) is 0 Å². The number of halogens is 3. The fraction of sp³-hybridized carbons (Fsp3) is 0.273. The monoisotopic (exact) mass is 732 g/mol. The van der Waals surface area contributed by atoms with Gasteiger partial charge in [-0.05, 0) is 41.5 Å². The third-order valence-electron chi connectivity index (χ3n) is 6.57. The molecule has 0 bridgehead atoms.